The Bertz CT molecular complexity index is 1010. The number of aliphatic imine (C=N–C) groups is 1. The Balaban J connectivity index is 1.83. The number of hydrogen-bond donors (Lipinski definition) is 1. The van der Waals surface area contributed by atoms with Gasteiger partial charge in [0.25, 0.3) is 5.91 Å². The van der Waals surface area contributed by atoms with E-state index in [0.29, 0.717) is 6.54 Å². The van der Waals surface area contributed by atoms with Crippen LogP contribution in [-0.2, 0) is 11.3 Å². The molecule has 0 saturated carbocycles. The third-order valence-corrected chi connectivity index (χ3v) is 4.58. The van der Waals surface area contributed by atoms with Crippen molar-refractivity contribution in [2.24, 2.45) is 10.7 Å². The number of amides is 1. The van der Waals surface area contributed by atoms with E-state index in [-0.39, 0.29) is 5.91 Å². The first-order valence-corrected chi connectivity index (χ1v) is 8.84. The topological polar surface area (TPSA) is 71.6 Å². The molecule has 134 valence electrons. The molecule has 0 aliphatic carbocycles. The lowest BCUT2D eigenvalue weighted by Gasteiger charge is -2.24. The molecule has 1 aliphatic heterocycles. The van der Waals surface area contributed by atoms with Crippen LogP contribution in [-0.4, -0.2) is 22.8 Å². The van der Waals surface area contributed by atoms with Crippen molar-refractivity contribution in [3.63, 3.8) is 0 Å². The van der Waals surface area contributed by atoms with E-state index in [9.17, 15) is 4.79 Å². The van der Waals surface area contributed by atoms with E-state index in [4.69, 9.17) is 5.73 Å². The smallest absolute Gasteiger partial charge is 0.266 e. The van der Waals surface area contributed by atoms with Crippen LogP contribution >= 0.6 is 0 Å². The van der Waals surface area contributed by atoms with Gasteiger partial charge in [0.1, 0.15) is 0 Å². The lowest BCUT2D eigenvalue weighted by Crippen LogP contribution is -2.42. The number of hydrogen-bond acceptors (Lipinski definition) is 4. The molecule has 1 unspecified atom stereocenters. The molecule has 1 amide bonds. The van der Waals surface area contributed by atoms with Gasteiger partial charge < -0.3 is 10.6 Å². The molecule has 2 aromatic carbocycles. The van der Waals surface area contributed by atoms with Gasteiger partial charge in [-0.3, -0.25) is 14.8 Å². The number of fused-ring (bicyclic) bond motifs is 1. The average molecular weight is 356 g/mol. The lowest BCUT2D eigenvalue weighted by atomic mass is 10.00. The van der Waals surface area contributed by atoms with Crippen molar-refractivity contribution in [3.05, 3.63) is 95.3 Å². The summed E-state index contributed by atoms with van der Waals surface area (Å²) in [5.41, 5.74) is 11.4. The molecule has 0 bridgehead atoms. The van der Waals surface area contributed by atoms with Gasteiger partial charge in [0.2, 0.25) is 0 Å². The number of aryl methyl sites for hydroxylation is 1. The maximum absolute atomic E-state index is 13.0. The summed E-state index contributed by atoms with van der Waals surface area (Å²) in [5.74, 6) is -0.239. The first kappa shape index (κ1) is 17.1. The molecule has 0 saturated heterocycles. The van der Waals surface area contributed by atoms with Crippen LogP contribution in [0.15, 0.2) is 77.9 Å². The summed E-state index contributed by atoms with van der Waals surface area (Å²) >= 11 is 0. The molecule has 0 radical (unpaired) electrons. The number of rotatable bonds is 3. The zero-order chi connectivity index (χ0) is 18.8. The summed E-state index contributed by atoms with van der Waals surface area (Å²) in [7, 11) is 0. The van der Waals surface area contributed by atoms with Gasteiger partial charge in [-0.2, -0.15) is 0 Å². The third-order valence-electron chi connectivity index (χ3n) is 4.58. The maximum Gasteiger partial charge on any atom is 0.266 e. The molecular weight excluding hydrogens is 336 g/mol. The van der Waals surface area contributed by atoms with Gasteiger partial charge in [0.15, 0.2) is 6.17 Å². The molecule has 1 atom stereocenters. The summed E-state index contributed by atoms with van der Waals surface area (Å²) in [6.45, 7) is 2.36. The molecule has 3 aromatic rings. The average Bonchev–Trinajstić information content (AvgIpc) is 2.79. The number of benzene rings is 2. The van der Waals surface area contributed by atoms with E-state index in [1.54, 1.807) is 11.1 Å². The number of nitrogens with two attached hydrogens (primary N) is 1. The highest BCUT2D eigenvalue weighted by Gasteiger charge is 2.30. The van der Waals surface area contributed by atoms with Gasteiger partial charge in [0, 0.05) is 17.3 Å². The molecule has 2 heterocycles. The van der Waals surface area contributed by atoms with E-state index in [2.05, 4.69) is 9.98 Å². The predicted octanol–water partition coefficient (Wildman–Crippen LogP) is 3.06. The van der Waals surface area contributed by atoms with Crippen LogP contribution in [0.3, 0.4) is 0 Å². The summed E-state index contributed by atoms with van der Waals surface area (Å²) in [4.78, 5) is 23.7. The molecule has 4 rings (SSSR count). The lowest BCUT2D eigenvalue weighted by molar-refractivity contribution is -0.119. The number of anilines is 1. The maximum atomic E-state index is 13.0. The molecule has 2 N–H and O–H groups in total. The largest absolute Gasteiger partial charge is 0.303 e. The van der Waals surface area contributed by atoms with Gasteiger partial charge in [0.05, 0.1) is 23.6 Å². The van der Waals surface area contributed by atoms with Crippen LogP contribution in [0.1, 0.15) is 22.4 Å². The van der Waals surface area contributed by atoms with Crippen molar-refractivity contribution in [1.29, 1.82) is 0 Å². The van der Waals surface area contributed by atoms with Gasteiger partial charge in [-0.05, 0) is 30.7 Å². The van der Waals surface area contributed by atoms with Crippen LogP contribution in [0.4, 0.5) is 5.69 Å². The van der Waals surface area contributed by atoms with Gasteiger partial charge >= 0.3 is 0 Å². The monoisotopic (exact) mass is 356 g/mol. The Morgan fingerprint density at radius 3 is 2.56 bits per heavy atom. The summed E-state index contributed by atoms with van der Waals surface area (Å²) in [5, 5.41) is 0. The number of nitrogens with zero attached hydrogens (tertiary/aromatic N) is 3. The Labute approximate surface area is 158 Å². The fourth-order valence-corrected chi connectivity index (χ4v) is 3.29. The highest BCUT2D eigenvalue weighted by molar-refractivity contribution is 6.20. The van der Waals surface area contributed by atoms with Crippen LogP contribution in [0.5, 0.6) is 0 Å². The molecule has 5 nitrogen and oxygen atoms in total. The second kappa shape index (κ2) is 7.13. The van der Waals surface area contributed by atoms with E-state index in [1.165, 1.54) is 0 Å². The van der Waals surface area contributed by atoms with E-state index in [0.717, 1.165) is 33.8 Å². The van der Waals surface area contributed by atoms with Crippen LogP contribution in [0.25, 0.3) is 0 Å². The minimum absolute atomic E-state index is 0.239. The van der Waals surface area contributed by atoms with E-state index < -0.39 is 6.17 Å². The highest BCUT2D eigenvalue weighted by atomic mass is 16.2. The second-order valence-electron chi connectivity index (χ2n) is 6.55. The molecule has 5 heteroatoms. The van der Waals surface area contributed by atoms with E-state index in [1.807, 2.05) is 73.7 Å². The quantitative estimate of drug-likeness (QED) is 0.784. The van der Waals surface area contributed by atoms with Crippen molar-refractivity contribution in [1.82, 2.24) is 4.98 Å². The van der Waals surface area contributed by atoms with Crippen molar-refractivity contribution >= 4 is 17.3 Å². The standard InChI is InChI=1S/C22H20N4O/c1-15-11-12-24-17(13-15)14-26-19-10-6-5-9-18(19)20(25-21(23)22(26)27)16-7-3-2-4-8-16/h2-13,21H,14,23H2,1H3. The summed E-state index contributed by atoms with van der Waals surface area (Å²) in [6, 6.07) is 21.5. The van der Waals surface area contributed by atoms with Crippen LogP contribution in [0.2, 0.25) is 0 Å². The second-order valence-corrected chi connectivity index (χ2v) is 6.55. The normalized spacial score (nSPS) is 16.5. The number of para-hydroxylation sites is 1. The predicted molar refractivity (Wildman–Crippen MR) is 107 cm³/mol. The van der Waals surface area contributed by atoms with Crippen LogP contribution in [0, 0.1) is 6.92 Å². The first-order valence-electron chi connectivity index (χ1n) is 8.84. The van der Waals surface area contributed by atoms with Gasteiger partial charge in [-0.1, -0.05) is 48.5 Å². The van der Waals surface area contributed by atoms with Crippen molar-refractivity contribution in [2.45, 2.75) is 19.6 Å². The van der Waals surface area contributed by atoms with Gasteiger partial charge in [-0.25, -0.2) is 0 Å². The Morgan fingerprint density at radius 1 is 1.04 bits per heavy atom. The number of benzodiazepines with no additional fused rings is 1. The molecular formula is C22H20N4O. The molecule has 0 spiro atoms. The molecule has 1 aliphatic rings. The highest BCUT2D eigenvalue weighted by Crippen LogP contribution is 2.28. The third kappa shape index (κ3) is 3.37. The molecule has 1 aromatic heterocycles. The Kier molecular flexibility index (Phi) is 4.52. The number of carbonyl (C=O) groups is 1. The minimum atomic E-state index is -0.961. The van der Waals surface area contributed by atoms with Crippen molar-refractivity contribution in [3.8, 4) is 0 Å². The fraction of sp³-hybridized carbons (Fsp3) is 0.136. The molecule has 0 fully saturated rings. The van der Waals surface area contributed by atoms with Crippen molar-refractivity contribution < 1.29 is 4.79 Å². The van der Waals surface area contributed by atoms with Gasteiger partial charge in [-0.15, -0.1) is 0 Å². The Hall–Kier alpha value is -3.31. The Morgan fingerprint density at radius 2 is 1.78 bits per heavy atom. The van der Waals surface area contributed by atoms with Crippen molar-refractivity contribution in [2.75, 3.05) is 4.90 Å². The molecule has 27 heavy (non-hydrogen) atoms. The number of pyridine rings is 1. The first-order chi connectivity index (χ1) is 13.1. The zero-order valence-corrected chi connectivity index (χ0v) is 15.0. The van der Waals surface area contributed by atoms with E-state index >= 15 is 0 Å². The SMILES string of the molecule is Cc1ccnc(CN2C(=O)C(N)N=C(c3ccccc3)c3ccccc32)c1. The number of aromatic nitrogens is 1. The summed E-state index contributed by atoms with van der Waals surface area (Å²) < 4.78 is 0. The minimum Gasteiger partial charge on any atom is -0.303 e. The summed E-state index contributed by atoms with van der Waals surface area (Å²) in [6.07, 6.45) is 0.794. The zero-order valence-electron chi connectivity index (χ0n) is 15.0. The van der Waals surface area contributed by atoms with Crippen LogP contribution < -0.4 is 10.6 Å². The fourth-order valence-electron chi connectivity index (χ4n) is 3.29. The number of carbonyl (C=O) groups excluding carboxylic acids is 1.